The number of aromatic nitrogens is 2. The molecule has 2 aromatic carbocycles. The Morgan fingerprint density at radius 2 is 1.76 bits per heavy atom. The van der Waals surface area contributed by atoms with Crippen molar-refractivity contribution in [2.75, 3.05) is 5.32 Å². The molecule has 0 unspecified atom stereocenters. The van der Waals surface area contributed by atoms with Gasteiger partial charge < -0.3 is 15.0 Å². The summed E-state index contributed by atoms with van der Waals surface area (Å²) in [7, 11) is -4.00. The second-order valence-electron chi connectivity index (χ2n) is 6.97. The topological polar surface area (TPSA) is 130 Å². The van der Waals surface area contributed by atoms with Crippen molar-refractivity contribution in [2.45, 2.75) is 30.3 Å². The van der Waals surface area contributed by atoms with Crippen molar-refractivity contribution in [3.05, 3.63) is 77.8 Å². The lowest BCUT2D eigenvalue weighted by molar-refractivity contribution is -0.137. The third-order valence-corrected chi connectivity index (χ3v) is 6.28. The van der Waals surface area contributed by atoms with Gasteiger partial charge in [-0.2, -0.15) is 4.72 Å². The smallest absolute Gasteiger partial charge is 0.303 e. The molecule has 0 saturated heterocycles. The van der Waals surface area contributed by atoms with E-state index in [2.05, 4.69) is 15.0 Å². The van der Waals surface area contributed by atoms with Crippen molar-refractivity contribution in [3.8, 4) is 0 Å². The van der Waals surface area contributed by atoms with Crippen LogP contribution in [-0.2, 0) is 32.6 Å². The quantitative estimate of drug-likeness (QED) is 0.382. The minimum atomic E-state index is -4.00. The maximum Gasteiger partial charge on any atom is 0.303 e. The summed E-state index contributed by atoms with van der Waals surface area (Å²) in [6, 6.07) is 11.2. The summed E-state index contributed by atoms with van der Waals surface area (Å²) in [6.07, 6.45) is 5.00. The molecule has 0 aliphatic carbocycles. The van der Waals surface area contributed by atoms with Crippen LogP contribution in [0.2, 0.25) is 5.02 Å². The first kappa shape index (κ1) is 26.3. The van der Waals surface area contributed by atoms with Crippen molar-refractivity contribution in [3.63, 3.8) is 0 Å². The number of carbonyl (C=O) groups excluding carboxylic acids is 1. The average molecular weight is 513 g/mol. The van der Waals surface area contributed by atoms with Gasteiger partial charge in [0, 0.05) is 36.1 Å². The molecule has 3 rings (SSSR count). The van der Waals surface area contributed by atoms with E-state index in [9.17, 15) is 18.0 Å². The average Bonchev–Trinajstić information content (AvgIpc) is 3.26. The minimum Gasteiger partial charge on any atom is -0.481 e. The predicted molar refractivity (Wildman–Crippen MR) is 126 cm³/mol. The van der Waals surface area contributed by atoms with Gasteiger partial charge in [-0.05, 0) is 48.4 Å². The lowest BCUT2D eigenvalue weighted by atomic mass is 10.1. The molecule has 12 heteroatoms. The van der Waals surface area contributed by atoms with E-state index in [1.165, 1.54) is 36.8 Å². The van der Waals surface area contributed by atoms with Crippen LogP contribution in [-0.4, -0.2) is 41.0 Å². The number of carbonyl (C=O) groups is 2. The van der Waals surface area contributed by atoms with Crippen LogP contribution < -0.4 is 10.0 Å². The van der Waals surface area contributed by atoms with Crippen molar-refractivity contribution < 1.29 is 23.1 Å². The number of carboxylic acid groups (broad SMARTS) is 1. The third-order valence-electron chi connectivity index (χ3n) is 4.54. The molecular weight excluding hydrogens is 491 g/mol. The van der Waals surface area contributed by atoms with Crippen LogP contribution in [0.5, 0.6) is 0 Å². The van der Waals surface area contributed by atoms with Crippen molar-refractivity contribution >= 4 is 51.6 Å². The molecule has 0 saturated carbocycles. The third kappa shape index (κ3) is 7.86. The van der Waals surface area contributed by atoms with E-state index < -0.39 is 27.9 Å². The number of aliphatic carboxylic acids is 1. The van der Waals surface area contributed by atoms with E-state index in [1.807, 2.05) is 0 Å². The molecule has 33 heavy (non-hydrogen) atoms. The van der Waals surface area contributed by atoms with Crippen LogP contribution in [0.3, 0.4) is 0 Å². The molecule has 0 spiro atoms. The van der Waals surface area contributed by atoms with Crippen molar-refractivity contribution in [1.29, 1.82) is 0 Å². The number of aryl methyl sites for hydroxylation is 1. The van der Waals surface area contributed by atoms with Crippen LogP contribution >= 0.6 is 24.0 Å². The highest BCUT2D eigenvalue weighted by atomic mass is 35.5. The Labute approximate surface area is 202 Å². The molecule has 0 fully saturated rings. The summed E-state index contributed by atoms with van der Waals surface area (Å²) in [6.45, 7) is 0.0232. The molecule has 1 amide bonds. The standard InChI is InChI=1S/C21H21ClN4O5S.ClH/c22-16-4-8-18(9-5-16)32(30,31)25-19(13-26-12-11-23-14-26)21(29)24-17-6-1-15(2-7-17)3-10-20(27)28;/h1-2,4-9,11-12,14,19,25H,3,10,13H2,(H,24,29)(H,27,28);1H/t19-;/m0./s1. The maximum atomic E-state index is 12.9. The van der Waals surface area contributed by atoms with Crippen LogP contribution in [0, 0.1) is 0 Å². The normalized spacial score (nSPS) is 11.9. The lowest BCUT2D eigenvalue weighted by Gasteiger charge is -2.19. The lowest BCUT2D eigenvalue weighted by Crippen LogP contribution is -2.46. The first-order chi connectivity index (χ1) is 15.2. The number of nitrogens with zero attached hydrogens (tertiary/aromatic N) is 2. The highest BCUT2D eigenvalue weighted by molar-refractivity contribution is 7.89. The molecule has 1 heterocycles. The fourth-order valence-corrected chi connectivity index (χ4v) is 4.20. The van der Waals surface area contributed by atoms with Gasteiger partial charge in [-0.1, -0.05) is 23.7 Å². The van der Waals surface area contributed by atoms with Crippen molar-refractivity contribution in [2.24, 2.45) is 0 Å². The maximum absolute atomic E-state index is 12.9. The fourth-order valence-electron chi connectivity index (χ4n) is 2.88. The number of amides is 1. The molecule has 1 aromatic heterocycles. The molecule has 1 atom stereocenters. The largest absolute Gasteiger partial charge is 0.481 e. The molecule has 176 valence electrons. The molecule has 9 nitrogen and oxygen atoms in total. The SMILES string of the molecule is Cl.O=C(O)CCc1ccc(NC(=O)[C@H](Cn2ccnc2)NS(=O)(=O)c2ccc(Cl)cc2)cc1. The summed E-state index contributed by atoms with van der Waals surface area (Å²) in [5, 5.41) is 11.9. The van der Waals surface area contributed by atoms with Gasteiger partial charge >= 0.3 is 5.97 Å². The molecular formula is C21H22Cl2N4O5S. The number of hydrogen-bond donors (Lipinski definition) is 3. The van der Waals surface area contributed by atoms with Crippen LogP contribution in [0.4, 0.5) is 5.69 Å². The van der Waals surface area contributed by atoms with E-state index in [0.29, 0.717) is 17.1 Å². The Bertz CT molecular complexity index is 1170. The molecule has 3 aromatic rings. The van der Waals surface area contributed by atoms with E-state index in [1.54, 1.807) is 35.0 Å². The van der Waals surface area contributed by atoms with Crippen molar-refractivity contribution in [1.82, 2.24) is 14.3 Å². The Morgan fingerprint density at radius 1 is 1.09 bits per heavy atom. The van der Waals surface area contributed by atoms with Gasteiger partial charge in [0.2, 0.25) is 15.9 Å². The number of carboxylic acids is 1. The molecule has 3 N–H and O–H groups in total. The van der Waals surface area contributed by atoms with Crippen LogP contribution in [0.15, 0.2) is 72.1 Å². The van der Waals surface area contributed by atoms with Gasteiger partial charge in [0.15, 0.2) is 0 Å². The molecule has 0 bridgehead atoms. The number of hydrogen-bond acceptors (Lipinski definition) is 5. The summed E-state index contributed by atoms with van der Waals surface area (Å²) in [5.74, 6) is -1.45. The van der Waals surface area contributed by atoms with E-state index in [4.69, 9.17) is 16.7 Å². The van der Waals surface area contributed by atoms with Crippen LogP contribution in [0.1, 0.15) is 12.0 Å². The van der Waals surface area contributed by atoms with Crippen LogP contribution in [0.25, 0.3) is 0 Å². The van der Waals surface area contributed by atoms with Gasteiger partial charge in [-0.15, -0.1) is 12.4 Å². The molecule has 0 aliphatic heterocycles. The highest BCUT2D eigenvalue weighted by Crippen LogP contribution is 2.16. The van der Waals surface area contributed by atoms with Gasteiger partial charge in [-0.3, -0.25) is 9.59 Å². The Balaban J connectivity index is 0.00000385. The number of imidazole rings is 1. The number of halogens is 2. The Hall–Kier alpha value is -2.92. The van der Waals surface area contributed by atoms with E-state index in [0.717, 1.165) is 5.56 Å². The highest BCUT2D eigenvalue weighted by Gasteiger charge is 2.26. The monoisotopic (exact) mass is 512 g/mol. The first-order valence-electron chi connectivity index (χ1n) is 9.58. The second kappa shape index (κ2) is 11.8. The number of rotatable bonds is 10. The summed E-state index contributed by atoms with van der Waals surface area (Å²) < 4.78 is 29.6. The second-order valence-corrected chi connectivity index (χ2v) is 9.12. The molecule has 0 radical (unpaired) electrons. The van der Waals surface area contributed by atoms with Gasteiger partial charge in [0.25, 0.3) is 0 Å². The van der Waals surface area contributed by atoms with Gasteiger partial charge in [-0.25, -0.2) is 13.4 Å². The summed E-state index contributed by atoms with van der Waals surface area (Å²) in [5.41, 5.74) is 1.26. The van der Waals surface area contributed by atoms with E-state index >= 15 is 0 Å². The molecule has 0 aliphatic rings. The zero-order valence-electron chi connectivity index (χ0n) is 17.2. The first-order valence-corrected chi connectivity index (χ1v) is 11.4. The fraction of sp³-hybridized carbons (Fsp3) is 0.190. The zero-order valence-corrected chi connectivity index (χ0v) is 19.6. The Morgan fingerprint density at radius 3 is 2.33 bits per heavy atom. The number of sulfonamides is 1. The summed E-state index contributed by atoms with van der Waals surface area (Å²) >= 11 is 5.83. The zero-order chi connectivity index (χ0) is 23.1. The Kier molecular flexibility index (Phi) is 9.42. The predicted octanol–water partition coefficient (Wildman–Crippen LogP) is 2.96. The van der Waals surface area contributed by atoms with Gasteiger partial charge in [0.05, 0.1) is 11.2 Å². The van der Waals surface area contributed by atoms with E-state index in [-0.39, 0.29) is 30.3 Å². The number of nitrogens with one attached hydrogen (secondary N) is 2. The minimum absolute atomic E-state index is 0. The van der Waals surface area contributed by atoms with Gasteiger partial charge in [0.1, 0.15) is 6.04 Å². The summed E-state index contributed by atoms with van der Waals surface area (Å²) in [4.78, 5) is 27.5. The number of benzene rings is 2. The number of anilines is 1.